The lowest BCUT2D eigenvalue weighted by molar-refractivity contribution is 0.167. The van der Waals surface area contributed by atoms with Crippen LogP contribution in [0.2, 0.25) is 0 Å². The molecule has 0 aromatic heterocycles. The van der Waals surface area contributed by atoms with Crippen LogP contribution < -0.4 is 9.47 Å². The van der Waals surface area contributed by atoms with Crippen molar-refractivity contribution < 1.29 is 14.6 Å². The molecule has 3 nitrogen and oxygen atoms in total. The number of benzene rings is 2. The van der Waals surface area contributed by atoms with Crippen LogP contribution in [-0.2, 0) is 0 Å². The van der Waals surface area contributed by atoms with E-state index in [1.165, 1.54) is 42.4 Å². The molecule has 2 aliphatic rings. The van der Waals surface area contributed by atoms with E-state index in [4.69, 9.17) is 9.47 Å². The van der Waals surface area contributed by atoms with Gasteiger partial charge in [-0.15, -0.1) is 0 Å². The summed E-state index contributed by atoms with van der Waals surface area (Å²) >= 11 is 0. The van der Waals surface area contributed by atoms with Gasteiger partial charge in [0.1, 0.15) is 11.5 Å². The van der Waals surface area contributed by atoms with Gasteiger partial charge in [-0.3, -0.25) is 0 Å². The van der Waals surface area contributed by atoms with Crippen molar-refractivity contribution in [3.05, 3.63) is 59.2 Å². The second-order valence-electron chi connectivity index (χ2n) is 7.64. The molecule has 0 aliphatic heterocycles. The normalized spacial score (nSPS) is 27.3. The van der Waals surface area contributed by atoms with E-state index in [1.54, 1.807) is 14.2 Å². The van der Waals surface area contributed by atoms with Crippen molar-refractivity contribution in [1.82, 2.24) is 0 Å². The number of hydrogen-bond acceptors (Lipinski definition) is 3. The molecule has 4 rings (SSSR count). The molecule has 0 amide bonds. The van der Waals surface area contributed by atoms with Crippen molar-refractivity contribution in [3.8, 4) is 11.5 Å². The van der Waals surface area contributed by atoms with Gasteiger partial charge in [-0.2, -0.15) is 0 Å². The molecule has 2 aromatic rings. The van der Waals surface area contributed by atoms with E-state index in [-0.39, 0.29) is 12.5 Å². The van der Waals surface area contributed by atoms with E-state index in [0.717, 1.165) is 11.5 Å². The Kier molecular flexibility index (Phi) is 4.90. The van der Waals surface area contributed by atoms with Gasteiger partial charge >= 0.3 is 0 Å². The van der Waals surface area contributed by atoms with Gasteiger partial charge in [0.25, 0.3) is 0 Å². The van der Waals surface area contributed by atoms with Gasteiger partial charge in [-0.1, -0.05) is 31.0 Å². The van der Waals surface area contributed by atoms with Crippen molar-refractivity contribution in [2.24, 2.45) is 5.92 Å². The van der Waals surface area contributed by atoms with Crippen LogP contribution in [-0.4, -0.2) is 25.9 Å². The van der Waals surface area contributed by atoms with Crippen molar-refractivity contribution >= 4 is 0 Å². The fourth-order valence-electron chi connectivity index (χ4n) is 5.32. The molecular formula is C23H28O3. The molecule has 0 heterocycles. The molecule has 0 spiro atoms. The third-order valence-corrected chi connectivity index (χ3v) is 6.50. The highest BCUT2D eigenvalue weighted by atomic mass is 16.5. The molecule has 138 valence electrons. The lowest BCUT2D eigenvalue weighted by atomic mass is 9.58. The number of aliphatic hydroxyl groups excluding tert-OH is 1. The summed E-state index contributed by atoms with van der Waals surface area (Å²) in [6, 6.07) is 14.9. The topological polar surface area (TPSA) is 38.7 Å². The Morgan fingerprint density at radius 3 is 2.27 bits per heavy atom. The highest BCUT2D eigenvalue weighted by molar-refractivity contribution is 5.46. The molecule has 26 heavy (non-hydrogen) atoms. The Morgan fingerprint density at radius 2 is 1.58 bits per heavy atom. The van der Waals surface area contributed by atoms with Crippen LogP contribution in [0.15, 0.2) is 42.5 Å². The van der Waals surface area contributed by atoms with Crippen LogP contribution in [0.5, 0.6) is 11.5 Å². The smallest absolute Gasteiger partial charge is 0.119 e. The number of rotatable bonds is 4. The maximum atomic E-state index is 10.3. The molecule has 1 N–H and O–H groups in total. The van der Waals surface area contributed by atoms with Crippen LogP contribution in [0.25, 0.3) is 0 Å². The molecule has 1 saturated carbocycles. The lowest BCUT2D eigenvalue weighted by Gasteiger charge is -2.47. The van der Waals surface area contributed by atoms with Gasteiger partial charge in [-0.25, -0.2) is 0 Å². The molecular weight excluding hydrogens is 324 g/mol. The van der Waals surface area contributed by atoms with Crippen molar-refractivity contribution in [1.29, 1.82) is 0 Å². The Balaban J connectivity index is 1.81. The zero-order chi connectivity index (χ0) is 18.1. The van der Waals surface area contributed by atoms with E-state index in [9.17, 15) is 5.11 Å². The molecule has 0 bridgehead atoms. The molecule has 2 aromatic carbocycles. The van der Waals surface area contributed by atoms with Gasteiger partial charge in [0.2, 0.25) is 0 Å². The number of fused-ring (bicyclic) bond motifs is 3. The van der Waals surface area contributed by atoms with Gasteiger partial charge in [0.05, 0.1) is 20.8 Å². The first kappa shape index (κ1) is 17.4. The highest BCUT2D eigenvalue weighted by Gasteiger charge is 2.44. The van der Waals surface area contributed by atoms with E-state index >= 15 is 0 Å². The molecule has 0 saturated heterocycles. The second-order valence-corrected chi connectivity index (χ2v) is 7.64. The summed E-state index contributed by atoms with van der Waals surface area (Å²) in [4.78, 5) is 0. The average molecular weight is 352 g/mol. The first-order chi connectivity index (χ1) is 12.8. The van der Waals surface area contributed by atoms with Crippen LogP contribution in [0.3, 0.4) is 0 Å². The van der Waals surface area contributed by atoms with Gasteiger partial charge in [-0.05, 0) is 71.6 Å². The first-order valence-electron chi connectivity index (χ1n) is 9.69. The van der Waals surface area contributed by atoms with Crippen molar-refractivity contribution in [2.45, 2.75) is 43.4 Å². The Labute approximate surface area is 156 Å². The molecule has 4 atom stereocenters. The first-order valence-corrected chi connectivity index (χ1v) is 9.69. The fourth-order valence-corrected chi connectivity index (χ4v) is 5.32. The molecule has 1 fully saturated rings. The van der Waals surface area contributed by atoms with E-state index < -0.39 is 0 Å². The third kappa shape index (κ3) is 2.88. The largest absolute Gasteiger partial charge is 0.497 e. The SMILES string of the molecule is COc1ccc(C2C(CO)c3ccc(OC)cc3C3CCCCC32)cc1. The van der Waals surface area contributed by atoms with Gasteiger partial charge in [0, 0.05) is 5.92 Å². The number of ether oxygens (including phenoxy) is 2. The van der Waals surface area contributed by atoms with Gasteiger partial charge in [0.15, 0.2) is 0 Å². The summed E-state index contributed by atoms with van der Waals surface area (Å²) in [6.07, 6.45) is 5.03. The number of hydrogen-bond donors (Lipinski definition) is 1. The van der Waals surface area contributed by atoms with Crippen LogP contribution in [0.4, 0.5) is 0 Å². The van der Waals surface area contributed by atoms with Crippen molar-refractivity contribution in [2.75, 3.05) is 20.8 Å². The lowest BCUT2D eigenvalue weighted by Crippen LogP contribution is -2.35. The average Bonchev–Trinajstić information content (AvgIpc) is 2.72. The van der Waals surface area contributed by atoms with E-state index in [2.05, 4.69) is 24.3 Å². The number of aliphatic hydroxyl groups is 1. The molecule has 2 aliphatic carbocycles. The van der Waals surface area contributed by atoms with Crippen LogP contribution in [0, 0.1) is 5.92 Å². The maximum absolute atomic E-state index is 10.3. The Bertz CT molecular complexity index is 753. The second kappa shape index (κ2) is 7.32. The van der Waals surface area contributed by atoms with Crippen molar-refractivity contribution in [3.63, 3.8) is 0 Å². The molecule has 4 unspecified atom stereocenters. The minimum atomic E-state index is 0.142. The zero-order valence-corrected chi connectivity index (χ0v) is 15.7. The van der Waals surface area contributed by atoms with Crippen LogP contribution >= 0.6 is 0 Å². The minimum absolute atomic E-state index is 0.142. The third-order valence-electron chi connectivity index (χ3n) is 6.50. The molecule has 3 heteroatoms. The minimum Gasteiger partial charge on any atom is -0.497 e. The van der Waals surface area contributed by atoms with E-state index in [1.807, 2.05) is 18.2 Å². The summed E-state index contributed by atoms with van der Waals surface area (Å²) in [5.41, 5.74) is 4.03. The fraction of sp³-hybridized carbons (Fsp3) is 0.478. The quantitative estimate of drug-likeness (QED) is 0.855. The van der Waals surface area contributed by atoms with E-state index in [0.29, 0.717) is 17.8 Å². The predicted molar refractivity (Wildman–Crippen MR) is 103 cm³/mol. The molecule has 0 radical (unpaired) electrons. The highest BCUT2D eigenvalue weighted by Crippen LogP contribution is 2.56. The zero-order valence-electron chi connectivity index (χ0n) is 15.7. The summed E-state index contributed by atoms with van der Waals surface area (Å²) in [5.74, 6) is 3.45. The summed E-state index contributed by atoms with van der Waals surface area (Å²) in [7, 11) is 3.43. The predicted octanol–water partition coefficient (Wildman–Crippen LogP) is 4.85. The summed E-state index contributed by atoms with van der Waals surface area (Å²) < 4.78 is 10.8. The monoisotopic (exact) mass is 352 g/mol. The van der Waals surface area contributed by atoms with Gasteiger partial charge < -0.3 is 14.6 Å². The summed E-state index contributed by atoms with van der Waals surface area (Å²) in [6.45, 7) is 0.180. The number of methoxy groups -OCH3 is 2. The Morgan fingerprint density at radius 1 is 0.885 bits per heavy atom. The maximum Gasteiger partial charge on any atom is 0.119 e. The summed E-state index contributed by atoms with van der Waals surface area (Å²) in [5, 5.41) is 10.3. The Hall–Kier alpha value is -2.00. The standard InChI is InChI=1S/C23H28O3/c1-25-16-9-7-15(8-10-16)23-20-6-4-3-5-18(20)21-13-17(26-2)11-12-19(21)22(23)14-24/h7-13,18,20,22-24H,3-6,14H2,1-2H3. The van der Waals surface area contributed by atoms with Crippen LogP contribution in [0.1, 0.15) is 60.1 Å².